The van der Waals surface area contributed by atoms with E-state index in [1.54, 1.807) is 0 Å². The van der Waals surface area contributed by atoms with E-state index in [4.69, 9.17) is 4.74 Å². The largest absolute Gasteiger partial charge is 0.378 e. The molecule has 1 N–H and O–H groups in total. The third kappa shape index (κ3) is 3.95. The molecule has 0 aromatic heterocycles. The van der Waals surface area contributed by atoms with Crippen LogP contribution in [0.3, 0.4) is 0 Å². The third-order valence-corrected chi connectivity index (χ3v) is 5.10. The summed E-state index contributed by atoms with van der Waals surface area (Å²) in [7, 11) is 4.02. The van der Waals surface area contributed by atoms with E-state index in [1.807, 2.05) is 25.9 Å². The Hall–Kier alpha value is -0.610. The molecule has 0 unspecified atom stereocenters. The standard InChI is InChI=1S/C16H30N2O2/c1-4-20-15-9-12(10-15)11-16(19)18(3)14-7-5-13(17-2)6-8-14/h12-15,17H,4-11H2,1-3H3. The van der Waals surface area contributed by atoms with Crippen molar-refractivity contribution in [2.24, 2.45) is 5.92 Å². The van der Waals surface area contributed by atoms with Crippen molar-refractivity contribution in [3.8, 4) is 0 Å². The first kappa shape index (κ1) is 15.8. The summed E-state index contributed by atoms with van der Waals surface area (Å²) in [5.74, 6) is 0.882. The van der Waals surface area contributed by atoms with Crippen LogP contribution >= 0.6 is 0 Å². The molecule has 0 saturated heterocycles. The maximum absolute atomic E-state index is 12.3. The molecule has 0 aromatic carbocycles. The summed E-state index contributed by atoms with van der Waals surface area (Å²) in [6.07, 6.45) is 7.92. The van der Waals surface area contributed by atoms with Gasteiger partial charge in [0.25, 0.3) is 0 Å². The van der Waals surface area contributed by atoms with Gasteiger partial charge >= 0.3 is 0 Å². The van der Waals surface area contributed by atoms with Gasteiger partial charge in [-0.1, -0.05) is 0 Å². The average molecular weight is 282 g/mol. The first-order chi connectivity index (χ1) is 9.63. The smallest absolute Gasteiger partial charge is 0.222 e. The molecular weight excluding hydrogens is 252 g/mol. The van der Waals surface area contributed by atoms with Crippen LogP contribution in [0.4, 0.5) is 0 Å². The van der Waals surface area contributed by atoms with Crippen LogP contribution in [0, 0.1) is 5.92 Å². The molecule has 116 valence electrons. The Bertz CT molecular complexity index is 308. The van der Waals surface area contributed by atoms with E-state index in [0.29, 0.717) is 36.4 Å². The van der Waals surface area contributed by atoms with Crippen molar-refractivity contribution in [3.63, 3.8) is 0 Å². The van der Waals surface area contributed by atoms with E-state index >= 15 is 0 Å². The first-order valence-electron chi connectivity index (χ1n) is 8.18. The molecule has 4 nitrogen and oxygen atoms in total. The number of carbonyl (C=O) groups excluding carboxylic acids is 1. The van der Waals surface area contributed by atoms with Crippen LogP contribution in [0.2, 0.25) is 0 Å². The van der Waals surface area contributed by atoms with Crippen molar-refractivity contribution in [1.29, 1.82) is 0 Å². The van der Waals surface area contributed by atoms with E-state index in [-0.39, 0.29) is 0 Å². The summed E-state index contributed by atoms with van der Waals surface area (Å²) in [6.45, 7) is 2.83. The Labute approximate surface area is 123 Å². The minimum absolute atomic E-state index is 0.331. The lowest BCUT2D eigenvalue weighted by Crippen LogP contribution is -2.44. The van der Waals surface area contributed by atoms with Gasteiger partial charge in [0.2, 0.25) is 5.91 Å². The van der Waals surface area contributed by atoms with Gasteiger partial charge < -0.3 is 15.0 Å². The molecule has 4 heteroatoms. The van der Waals surface area contributed by atoms with Gasteiger partial charge in [-0.3, -0.25) is 4.79 Å². The van der Waals surface area contributed by atoms with Crippen LogP contribution in [0.15, 0.2) is 0 Å². The minimum Gasteiger partial charge on any atom is -0.378 e. The molecule has 20 heavy (non-hydrogen) atoms. The predicted molar refractivity (Wildman–Crippen MR) is 80.6 cm³/mol. The van der Waals surface area contributed by atoms with Gasteiger partial charge in [0, 0.05) is 32.2 Å². The fourth-order valence-corrected chi connectivity index (χ4v) is 3.56. The van der Waals surface area contributed by atoms with Crippen LogP contribution in [0.25, 0.3) is 0 Å². The van der Waals surface area contributed by atoms with Gasteiger partial charge in [0.15, 0.2) is 0 Å². The lowest BCUT2D eigenvalue weighted by molar-refractivity contribution is -0.136. The molecule has 0 aromatic rings. The van der Waals surface area contributed by atoms with Crippen LogP contribution in [0.1, 0.15) is 51.9 Å². The maximum atomic E-state index is 12.3. The number of amides is 1. The highest BCUT2D eigenvalue weighted by atomic mass is 16.5. The number of carbonyl (C=O) groups is 1. The van der Waals surface area contributed by atoms with Gasteiger partial charge in [0.1, 0.15) is 0 Å². The van der Waals surface area contributed by atoms with Gasteiger partial charge in [-0.25, -0.2) is 0 Å². The molecule has 0 bridgehead atoms. The SMILES string of the molecule is CCOC1CC(CC(=O)N(C)C2CCC(NC)CC2)C1. The van der Waals surface area contributed by atoms with E-state index in [2.05, 4.69) is 5.32 Å². The zero-order valence-electron chi connectivity index (χ0n) is 13.2. The molecule has 0 radical (unpaired) electrons. The minimum atomic E-state index is 0.331. The normalized spacial score (nSPS) is 33.5. The number of nitrogens with one attached hydrogen (secondary N) is 1. The molecule has 0 spiro atoms. The lowest BCUT2D eigenvalue weighted by atomic mass is 9.79. The van der Waals surface area contributed by atoms with Crippen LogP contribution in [-0.2, 0) is 9.53 Å². The van der Waals surface area contributed by atoms with E-state index < -0.39 is 0 Å². The Morgan fingerprint density at radius 2 is 1.90 bits per heavy atom. The monoisotopic (exact) mass is 282 g/mol. The number of nitrogens with zero attached hydrogens (tertiary/aromatic N) is 1. The fourth-order valence-electron chi connectivity index (χ4n) is 3.56. The van der Waals surface area contributed by atoms with E-state index in [9.17, 15) is 4.79 Å². The van der Waals surface area contributed by atoms with Gasteiger partial charge in [-0.15, -0.1) is 0 Å². The fraction of sp³-hybridized carbons (Fsp3) is 0.938. The molecule has 0 heterocycles. The second kappa shape index (κ2) is 7.41. The summed E-state index contributed by atoms with van der Waals surface area (Å²) in [5, 5.41) is 3.34. The van der Waals surface area contributed by atoms with Crippen molar-refractivity contribution in [3.05, 3.63) is 0 Å². The van der Waals surface area contributed by atoms with Crippen molar-refractivity contribution in [1.82, 2.24) is 10.2 Å². The predicted octanol–water partition coefficient (Wildman–Crippen LogP) is 2.18. The van der Waals surface area contributed by atoms with Crippen LogP contribution in [0.5, 0.6) is 0 Å². The maximum Gasteiger partial charge on any atom is 0.222 e. The highest BCUT2D eigenvalue weighted by Crippen LogP contribution is 2.33. The average Bonchev–Trinajstić information content (AvgIpc) is 2.44. The van der Waals surface area contributed by atoms with Crippen LogP contribution in [-0.4, -0.2) is 49.7 Å². The number of hydrogen-bond acceptors (Lipinski definition) is 3. The number of rotatable bonds is 6. The summed E-state index contributed by atoms with van der Waals surface area (Å²) in [4.78, 5) is 14.3. The molecule has 0 aliphatic heterocycles. The zero-order chi connectivity index (χ0) is 14.5. The van der Waals surface area contributed by atoms with E-state index in [1.165, 1.54) is 12.8 Å². The summed E-state index contributed by atoms with van der Waals surface area (Å²) in [6, 6.07) is 1.10. The molecule has 2 aliphatic rings. The quantitative estimate of drug-likeness (QED) is 0.812. The van der Waals surface area contributed by atoms with E-state index in [0.717, 1.165) is 32.3 Å². The molecule has 2 saturated carbocycles. The Morgan fingerprint density at radius 1 is 1.25 bits per heavy atom. The molecule has 2 fully saturated rings. The van der Waals surface area contributed by atoms with Crippen molar-refractivity contribution < 1.29 is 9.53 Å². The Morgan fingerprint density at radius 3 is 2.45 bits per heavy atom. The summed E-state index contributed by atoms with van der Waals surface area (Å²) in [5.41, 5.74) is 0. The number of hydrogen-bond donors (Lipinski definition) is 1. The second-order valence-corrected chi connectivity index (χ2v) is 6.42. The summed E-state index contributed by atoms with van der Waals surface area (Å²) >= 11 is 0. The third-order valence-electron chi connectivity index (χ3n) is 5.10. The molecule has 0 atom stereocenters. The molecule has 2 aliphatic carbocycles. The van der Waals surface area contributed by atoms with Crippen LogP contribution < -0.4 is 5.32 Å². The molecular formula is C16H30N2O2. The lowest BCUT2D eigenvalue weighted by Gasteiger charge is -2.38. The highest BCUT2D eigenvalue weighted by molar-refractivity contribution is 5.76. The Balaban J connectivity index is 1.68. The second-order valence-electron chi connectivity index (χ2n) is 6.42. The van der Waals surface area contributed by atoms with Gasteiger partial charge in [-0.2, -0.15) is 0 Å². The highest BCUT2D eigenvalue weighted by Gasteiger charge is 2.33. The topological polar surface area (TPSA) is 41.6 Å². The zero-order valence-corrected chi connectivity index (χ0v) is 13.2. The van der Waals surface area contributed by atoms with Gasteiger partial charge in [-0.05, 0) is 58.4 Å². The van der Waals surface area contributed by atoms with Crippen molar-refractivity contribution in [2.75, 3.05) is 20.7 Å². The van der Waals surface area contributed by atoms with Crippen molar-refractivity contribution in [2.45, 2.75) is 70.1 Å². The summed E-state index contributed by atoms with van der Waals surface area (Å²) < 4.78 is 5.56. The molecule has 1 amide bonds. The molecule has 2 rings (SSSR count). The van der Waals surface area contributed by atoms with Crippen molar-refractivity contribution >= 4 is 5.91 Å². The first-order valence-corrected chi connectivity index (χ1v) is 8.18. The number of ether oxygens (including phenoxy) is 1. The Kier molecular flexibility index (Phi) is 5.85. The van der Waals surface area contributed by atoms with Gasteiger partial charge in [0.05, 0.1) is 6.10 Å².